The Bertz CT molecular complexity index is 365. The molecule has 97 valence electrons. The van der Waals surface area contributed by atoms with Gasteiger partial charge in [0.2, 0.25) is 0 Å². The second kappa shape index (κ2) is 8.28. The van der Waals surface area contributed by atoms with Crippen molar-refractivity contribution in [3.63, 3.8) is 0 Å². The molecule has 0 heterocycles. The minimum atomic E-state index is -0.665. The highest BCUT2D eigenvalue weighted by molar-refractivity contribution is 5.78. The molecular formula is C14H18NO3. The van der Waals surface area contributed by atoms with Crippen LogP contribution >= 0.6 is 0 Å². The highest BCUT2D eigenvalue weighted by Crippen LogP contribution is 2.04. The Morgan fingerprint density at radius 3 is 2.72 bits per heavy atom. The minimum Gasteiger partial charge on any atom is -0.464 e. The third-order valence-electron chi connectivity index (χ3n) is 2.54. The maximum Gasteiger partial charge on any atom is 0.328 e. The van der Waals surface area contributed by atoms with Crippen molar-refractivity contribution in [1.82, 2.24) is 5.32 Å². The molecule has 1 aromatic carbocycles. The molecule has 1 rings (SSSR count). The molecule has 0 saturated heterocycles. The van der Waals surface area contributed by atoms with E-state index >= 15 is 0 Å². The van der Waals surface area contributed by atoms with Gasteiger partial charge in [0.15, 0.2) is 0 Å². The molecule has 0 saturated carbocycles. The van der Waals surface area contributed by atoms with Crippen molar-refractivity contribution in [2.45, 2.75) is 32.2 Å². The first-order valence-electron chi connectivity index (χ1n) is 6.11. The number of esters is 1. The average molecular weight is 248 g/mol. The van der Waals surface area contributed by atoms with Gasteiger partial charge in [-0.1, -0.05) is 43.7 Å². The van der Waals surface area contributed by atoms with Crippen LogP contribution in [0.1, 0.15) is 25.3 Å². The van der Waals surface area contributed by atoms with E-state index in [-0.39, 0.29) is 0 Å². The molecule has 0 aliphatic heterocycles. The second-order valence-corrected chi connectivity index (χ2v) is 4.01. The first-order chi connectivity index (χ1) is 8.77. The predicted octanol–water partition coefficient (Wildman–Crippen LogP) is 1.60. The highest BCUT2D eigenvalue weighted by Gasteiger charge is 2.19. The van der Waals surface area contributed by atoms with E-state index < -0.39 is 12.0 Å². The topological polar surface area (TPSA) is 55.4 Å². The lowest BCUT2D eigenvalue weighted by molar-refractivity contribution is -0.145. The summed E-state index contributed by atoms with van der Waals surface area (Å²) in [5, 5.41) is 2.38. The first kappa shape index (κ1) is 14.2. The van der Waals surface area contributed by atoms with Gasteiger partial charge in [-0.2, -0.15) is 0 Å². The molecule has 1 aromatic rings. The maximum atomic E-state index is 11.7. The molecule has 0 aliphatic rings. The molecule has 1 unspecified atom stereocenters. The molecule has 0 bridgehead atoms. The molecule has 1 N–H and O–H groups in total. The second-order valence-electron chi connectivity index (χ2n) is 4.01. The van der Waals surface area contributed by atoms with Crippen LogP contribution in [0.5, 0.6) is 0 Å². The number of unbranched alkanes of at least 4 members (excludes halogenated alkanes) is 1. The zero-order valence-corrected chi connectivity index (χ0v) is 10.5. The van der Waals surface area contributed by atoms with Crippen LogP contribution in [-0.4, -0.2) is 25.0 Å². The Morgan fingerprint density at radius 1 is 1.39 bits per heavy atom. The van der Waals surface area contributed by atoms with Gasteiger partial charge in [-0.15, -0.1) is 0 Å². The summed E-state index contributed by atoms with van der Waals surface area (Å²) >= 11 is 0. The largest absolute Gasteiger partial charge is 0.464 e. The van der Waals surface area contributed by atoms with E-state index in [1.807, 2.05) is 37.3 Å². The quantitative estimate of drug-likeness (QED) is 0.432. The zero-order valence-electron chi connectivity index (χ0n) is 10.5. The van der Waals surface area contributed by atoms with Crippen LogP contribution in [0.25, 0.3) is 0 Å². The van der Waals surface area contributed by atoms with Gasteiger partial charge in [-0.3, -0.25) is 4.79 Å². The van der Waals surface area contributed by atoms with Crippen LogP contribution in [0.3, 0.4) is 0 Å². The summed E-state index contributed by atoms with van der Waals surface area (Å²) in [7, 11) is 0. The number of hydrogen-bond donors (Lipinski definition) is 1. The zero-order chi connectivity index (χ0) is 13.2. The Labute approximate surface area is 107 Å². The number of rotatable bonds is 8. The van der Waals surface area contributed by atoms with E-state index in [1.54, 1.807) is 6.41 Å². The molecule has 1 amide bonds. The lowest BCUT2D eigenvalue weighted by atomic mass is 10.1. The summed E-state index contributed by atoms with van der Waals surface area (Å²) in [5.74, 6) is -0.407. The van der Waals surface area contributed by atoms with Gasteiger partial charge >= 0.3 is 12.4 Å². The maximum absolute atomic E-state index is 11.7. The molecule has 0 fully saturated rings. The number of amides is 1. The molecule has 0 aliphatic carbocycles. The van der Waals surface area contributed by atoms with E-state index in [1.165, 1.54) is 0 Å². The number of ether oxygens (including phenoxy) is 1. The summed E-state index contributed by atoms with van der Waals surface area (Å²) in [6, 6.07) is 8.81. The van der Waals surface area contributed by atoms with E-state index in [0.29, 0.717) is 13.0 Å². The van der Waals surface area contributed by atoms with Crippen molar-refractivity contribution in [2.24, 2.45) is 0 Å². The molecule has 0 aromatic heterocycles. The monoisotopic (exact) mass is 248 g/mol. The summed E-state index contributed by atoms with van der Waals surface area (Å²) in [5.41, 5.74) is 0.970. The third-order valence-corrected chi connectivity index (χ3v) is 2.54. The third kappa shape index (κ3) is 4.99. The van der Waals surface area contributed by atoms with Crippen LogP contribution in [0, 0.1) is 0 Å². The summed E-state index contributed by atoms with van der Waals surface area (Å²) in [6.07, 6.45) is 3.77. The molecule has 18 heavy (non-hydrogen) atoms. The number of hydrogen-bond acceptors (Lipinski definition) is 3. The van der Waals surface area contributed by atoms with Crippen LogP contribution in [0.4, 0.5) is 0 Å². The first-order valence-corrected chi connectivity index (χ1v) is 6.11. The molecule has 0 spiro atoms. The van der Waals surface area contributed by atoms with Crippen molar-refractivity contribution in [3.05, 3.63) is 35.9 Å². The molecule has 4 heteroatoms. The molecule has 1 atom stereocenters. The number of carbonyl (C=O) groups is 1. The van der Waals surface area contributed by atoms with Crippen LogP contribution in [-0.2, 0) is 20.7 Å². The van der Waals surface area contributed by atoms with Crippen molar-refractivity contribution in [1.29, 1.82) is 0 Å². The normalized spacial score (nSPS) is 11.6. The number of carbonyl (C=O) groups excluding carboxylic acids is 2. The Hall–Kier alpha value is -1.84. The summed E-state index contributed by atoms with van der Waals surface area (Å²) < 4.78 is 5.09. The SMILES string of the molecule is CCCCOC(=O)C(Cc1ccccc1)N[C]=O. The van der Waals surface area contributed by atoms with Gasteiger partial charge in [0, 0.05) is 6.42 Å². The van der Waals surface area contributed by atoms with E-state index in [9.17, 15) is 9.59 Å². The van der Waals surface area contributed by atoms with Gasteiger partial charge in [-0.25, -0.2) is 4.79 Å². The van der Waals surface area contributed by atoms with Gasteiger partial charge in [0.25, 0.3) is 0 Å². The summed E-state index contributed by atoms with van der Waals surface area (Å²) in [4.78, 5) is 22.1. The van der Waals surface area contributed by atoms with Gasteiger partial charge in [-0.05, 0) is 12.0 Å². The Kier molecular flexibility index (Phi) is 6.54. The van der Waals surface area contributed by atoms with Crippen molar-refractivity contribution in [2.75, 3.05) is 6.61 Å². The fourth-order valence-electron chi connectivity index (χ4n) is 1.53. The average Bonchev–Trinajstić information content (AvgIpc) is 2.39. The number of nitrogens with one attached hydrogen (secondary N) is 1. The lowest BCUT2D eigenvalue weighted by Crippen LogP contribution is -2.39. The van der Waals surface area contributed by atoms with E-state index in [2.05, 4.69) is 5.32 Å². The molecule has 1 radical (unpaired) electrons. The van der Waals surface area contributed by atoms with Crippen LogP contribution in [0.15, 0.2) is 30.3 Å². The highest BCUT2D eigenvalue weighted by atomic mass is 16.5. The van der Waals surface area contributed by atoms with Crippen LogP contribution in [0.2, 0.25) is 0 Å². The molecular weight excluding hydrogens is 230 g/mol. The van der Waals surface area contributed by atoms with Gasteiger partial charge in [0.05, 0.1) is 6.61 Å². The fourth-order valence-corrected chi connectivity index (χ4v) is 1.53. The van der Waals surface area contributed by atoms with E-state index in [0.717, 1.165) is 18.4 Å². The smallest absolute Gasteiger partial charge is 0.328 e. The standard InChI is InChI=1S/C14H18NO3/c1-2-3-9-18-14(17)13(15-11-16)10-12-7-5-4-6-8-12/h4-8,13H,2-3,9-10H2,1H3,(H,15,16). The lowest BCUT2D eigenvalue weighted by Gasteiger charge is -2.14. The van der Waals surface area contributed by atoms with E-state index in [4.69, 9.17) is 4.74 Å². The minimum absolute atomic E-state index is 0.390. The Balaban J connectivity index is 2.53. The predicted molar refractivity (Wildman–Crippen MR) is 68.6 cm³/mol. The van der Waals surface area contributed by atoms with Gasteiger partial charge < -0.3 is 10.1 Å². The van der Waals surface area contributed by atoms with Crippen molar-refractivity contribution in [3.8, 4) is 0 Å². The fraction of sp³-hybridized carbons (Fsp3) is 0.429. The van der Waals surface area contributed by atoms with Crippen LogP contribution < -0.4 is 5.32 Å². The van der Waals surface area contributed by atoms with Crippen molar-refractivity contribution >= 4 is 12.4 Å². The number of benzene rings is 1. The van der Waals surface area contributed by atoms with Crippen molar-refractivity contribution < 1.29 is 14.3 Å². The summed E-state index contributed by atoms with van der Waals surface area (Å²) in [6.45, 7) is 2.41. The Morgan fingerprint density at radius 2 is 2.11 bits per heavy atom. The van der Waals surface area contributed by atoms with Gasteiger partial charge in [0.1, 0.15) is 6.04 Å². The molecule has 4 nitrogen and oxygen atoms in total.